The van der Waals surface area contributed by atoms with Crippen LogP contribution >= 0.6 is 0 Å². The zero-order valence-corrected chi connectivity index (χ0v) is 8.05. The van der Waals surface area contributed by atoms with Crippen LogP contribution in [-0.4, -0.2) is 17.1 Å². The molecule has 0 bridgehead atoms. The number of nitrogens with one attached hydrogen (secondary N) is 1. The van der Waals surface area contributed by atoms with Gasteiger partial charge in [0.15, 0.2) is 0 Å². The quantitative estimate of drug-likeness (QED) is 0.451. The molecule has 0 heterocycles. The topological polar surface area (TPSA) is 75.3 Å². The van der Waals surface area contributed by atoms with Gasteiger partial charge in [-0.1, -0.05) is 6.92 Å². The van der Waals surface area contributed by atoms with Crippen molar-refractivity contribution < 1.29 is 9.90 Å². The lowest BCUT2D eigenvalue weighted by atomic mass is 9.72. The maximum absolute atomic E-state index is 10.6. The fraction of sp³-hybridized carbons (Fsp3) is 0.889. The molecule has 1 fully saturated rings. The van der Waals surface area contributed by atoms with Crippen LogP contribution in [0.5, 0.6) is 0 Å². The molecule has 4 N–H and O–H groups in total. The van der Waals surface area contributed by atoms with Gasteiger partial charge in [0, 0.05) is 6.04 Å². The van der Waals surface area contributed by atoms with Gasteiger partial charge in [-0.05, 0) is 31.1 Å². The predicted molar refractivity (Wildman–Crippen MR) is 49.9 cm³/mol. The van der Waals surface area contributed by atoms with Gasteiger partial charge in [0.2, 0.25) is 0 Å². The van der Waals surface area contributed by atoms with E-state index in [2.05, 4.69) is 5.43 Å². The third-order valence-electron chi connectivity index (χ3n) is 3.01. The molecule has 0 atom stereocenters. The summed E-state index contributed by atoms with van der Waals surface area (Å²) in [4.78, 5) is 10.6. The second-order valence-electron chi connectivity index (χ2n) is 4.32. The Morgan fingerprint density at radius 2 is 2.15 bits per heavy atom. The molecule has 0 amide bonds. The summed E-state index contributed by atoms with van der Waals surface area (Å²) in [5.41, 5.74) is 2.73. The number of carbonyl (C=O) groups is 1. The molecule has 1 rings (SSSR count). The zero-order valence-electron chi connectivity index (χ0n) is 8.05. The van der Waals surface area contributed by atoms with Crippen LogP contribution in [0.25, 0.3) is 0 Å². The van der Waals surface area contributed by atoms with E-state index in [0.717, 1.165) is 25.7 Å². The Hall–Kier alpha value is -0.610. The Bertz CT molecular complexity index is 186. The Morgan fingerprint density at radius 3 is 2.54 bits per heavy atom. The molecule has 13 heavy (non-hydrogen) atoms. The van der Waals surface area contributed by atoms with Gasteiger partial charge in [0.25, 0.3) is 0 Å². The van der Waals surface area contributed by atoms with Crippen molar-refractivity contribution in [3.63, 3.8) is 0 Å². The molecule has 0 aromatic carbocycles. The molecule has 0 spiro atoms. The minimum atomic E-state index is -0.693. The maximum atomic E-state index is 10.6. The maximum Gasteiger partial charge on any atom is 0.303 e. The van der Waals surface area contributed by atoms with E-state index in [1.54, 1.807) is 0 Å². The van der Waals surface area contributed by atoms with E-state index in [1.165, 1.54) is 0 Å². The van der Waals surface area contributed by atoms with E-state index in [4.69, 9.17) is 10.9 Å². The molecule has 1 aliphatic carbocycles. The number of carboxylic acids is 1. The van der Waals surface area contributed by atoms with Gasteiger partial charge in [0.05, 0.1) is 6.42 Å². The molecule has 76 valence electrons. The van der Waals surface area contributed by atoms with E-state index in [1.807, 2.05) is 6.92 Å². The monoisotopic (exact) mass is 186 g/mol. The SMILES string of the molecule is CC1(CC(=O)O)CCC(NN)CC1. The fourth-order valence-electron chi connectivity index (χ4n) is 2.02. The highest BCUT2D eigenvalue weighted by Gasteiger charge is 2.32. The van der Waals surface area contributed by atoms with Gasteiger partial charge < -0.3 is 5.11 Å². The molecule has 0 unspecified atom stereocenters. The summed E-state index contributed by atoms with van der Waals surface area (Å²) in [6.45, 7) is 2.05. The van der Waals surface area contributed by atoms with Crippen molar-refractivity contribution >= 4 is 5.97 Å². The largest absolute Gasteiger partial charge is 0.481 e. The van der Waals surface area contributed by atoms with Crippen molar-refractivity contribution in [3.05, 3.63) is 0 Å². The summed E-state index contributed by atoms with van der Waals surface area (Å²) in [5, 5.41) is 8.71. The van der Waals surface area contributed by atoms with Gasteiger partial charge in [-0.15, -0.1) is 0 Å². The molecular formula is C9H18N2O2. The number of nitrogens with two attached hydrogens (primary N) is 1. The summed E-state index contributed by atoms with van der Waals surface area (Å²) < 4.78 is 0. The molecule has 0 aromatic heterocycles. The molecule has 0 aliphatic heterocycles. The Balaban J connectivity index is 2.41. The average Bonchev–Trinajstić information content (AvgIpc) is 2.04. The first-order valence-electron chi connectivity index (χ1n) is 4.74. The van der Waals surface area contributed by atoms with Crippen molar-refractivity contribution in [1.29, 1.82) is 0 Å². The highest BCUT2D eigenvalue weighted by atomic mass is 16.4. The number of hydrogen-bond acceptors (Lipinski definition) is 3. The van der Waals surface area contributed by atoms with E-state index in [-0.39, 0.29) is 11.8 Å². The van der Waals surface area contributed by atoms with Crippen molar-refractivity contribution in [2.45, 2.75) is 45.1 Å². The third-order valence-corrected chi connectivity index (χ3v) is 3.01. The molecule has 0 aromatic rings. The molecule has 4 nitrogen and oxygen atoms in total. The lowest BCUT2D eigenvalue weighted by molar-refractivity contribution is -0.140. The standard InChI is InChI=1S/C9H18N2O2/c1-9(6-8(12)13)4-2-7(11-10)3-5-9/h7,11H,2-6,10H2,1H3,(H,12,13). The second-order valence-corrected chi connectivity index (χ2v) is 4.32. The summed E-state index contributed by atoms with van der Waals surface area (Å²) in [5.74, 6) is 4.63. The van der Waals surface area contributed by atoms with Crippen molar-refractivity contribution in [2.75, 3.05) is 0 Å². The van der Waals surface area contributed by atoms with Crippen molar-refractivity contribution in [2.24, 2.45) is 11.3 Å². The Kier molecular flexibility index (Phi) is 3.27. The smallest absolute Gasteiger partial charge is 0.303 e. The molecular weight excluding hydrogens is 168 g/mol. The van der Waals surface area contributed by atoms with Gasteiger partial charge in [-0.2, -0.15) is 0 Å². The third kappa shape index (κ3) is 2.97. The van der Waals surface area contributed by atoms with Crippen LogP contribution in [0.2, 0.25) is 0 Å². The molecule has 1 saturated carbocycles. The lowest BCUT2D eigenvalue weighted by Gasteiger charge is -2.35. The first kappa shape index (κ1) is 10.5. The number of hydrogen-bond donors (Lipinski definition) is 3. The summed E-state index contributed by atoms with van der Waals surface area (Å²) in [6, 6.07) is 0.377. The minimum Gasteiger partial charge on any atom is -0.481 e. The molecule has 1 aliphatic rings. The van der Waals surface area contributed by atoms with Gasteiger partial charge >= 0.3 is 5.97 Å². The summed E-state index contributed by atoms with van der Waals surface area (Å²) in [6.07, 6.45) is 4.16. The normalized spacial score (nSPS) is 34.5. The van der Waals surface area contributed by atoms with Crippen LogP contribution in [0, 0.1) is 5.41 Å². The highest BCUT2D eigenvalue weighted by Crippen LogP contribution is 2.38. The highest BCUT2D eigenvalue weighted by molar-refractivity contribution is 5.67. The molecule has 0 radical (unpaired) electrons. The first-order valence-corrected chi connectivity index (χ1v) is 4.74. The van der Waals surface area contributed by atoms with E-state index in [0.29, 0.717) is 6.04 Å². The van der Waals surface area contributed by atoms with Crippen LogP contribution in [0.15, 0.2) is 0 Å². The van der Waals surface area contributed by atoms with E-state index in [9.17, 15) is 4.79 Å². The minimum absolute atomic E-state index is 0.0147. The van der Waals surface area contributed by atoms with E-state index < -0.39 is 5.97 Å². The Labute approximate surface area is 78.5 Å². The number of hydrazine groups is 1. The second kappa shape index (κ2) is 4.07. The average molecular weight is 186 g/mol. The number of rotatable bonds is 3. The van der Waals surface area contributed by atoms with Crippen LogP contribution in [0.1, 0.15) is 39.0 Å². The molecule has 0 saturated heterocycles. The Morgan fingerprint density at radius 1 is 1.62 bits per heavy atom. The predicted octanol–water partition coefficient (Wildman–Crippen LogP) is 0.873. The molecule has 4 heteroatoms. The van der Waals surface area contributed by atoms with Gasteiger partial charge in [0.1, 0.15) is 0 Å². The number of aliphatic carboxylic acids is 1. The van der Waals surface area contributed by atoms with Crippen LogP contribution < -0.4 is 11.3 Å². The van der Waals surface area contributed by atoms with Crippen LogP contribution in [0.4, 0.5) is 0 Å². The first-order chi connectivity index (χ1) is 6.06. The summed E-state index contributed by atoms with van der Waals surface area (Å²) in [7, 11) is 0. The van der Waals surface area contributed by atoms with Crippen LogP contribution in [-0.2, 0) is 4.79 Å². The van der Waals surface area contributed by atoms with Gasteiger partial charge in [-0.25, -0.2) is 0 Å². The lowest BCUT2D eigenvalue weighted by Crippen LogP contribution is -2.40. The van der Waals surface area contributed by atoms with Crippen LogP contribution in [0.3, 0.4) is 0 Å². The number of carboxylic acid groups (broad SMARTS) is 1. The summed E-state index contributed by atoms with van der Waals surface area (Å²) >= 11 is 0. The zero-order chi connectivity index (χ0) is 9.90. The van der Waals surface area contributed by atoms with Gasteiger partial charge in [-0.3, -0.25) is 16.1 Å². The van der Waals surface area contributed by atoms with Crippen molar-refractivity contribution in [3.8, 4) is 0 Å². The van der Waals surface area contributed by atoms with Crippen molar-refractivity contribution in [1.82, 2.24) is 5.43 Å². The van der Waals surface area contributed by atoms with E-state index >= 15 is 0 Å². The fourth-order valence-corrected chi connectivity index (χ4v) is 2.02.